The van der Waals surface area contributed by atoms with Gasteiger partial charge in [-0.15, -0.1) is 11.3 Å². The van der Waals surface area contributed by atoms with Gasteiger partial charge in [-0.25, -0.2) is 0 Å². The van der Waals surface area contributed by atoms with Gasteiger partial charge < -0.3 is 5.32 Å². The van der Waals surface area contributed by atoms with Gasteiger partial charge in [0, 0.05) is 23.6 Å². The Hall–Kier alpha value is -2.75. The Bertz CT molecular complexity index is 1080. The quantitative estimate of drug-likeness (QED) is 0.463. The van der Waals surface area contributed by atoms with E-state index >= 15 is 0 Å². The lowest BCUT2D eigenvalue weighted by molar-refractivity contribution is -0.384. The van der Waals surface area contributed by atoms with Gasteiger partial charge in [0.05, 0.1) is 25.6 Å². The summed E-state index contributed by atoms with van der Waals surface area (Å²) in [6.07, 6.45) is 0. The largest absolute Gasteiger partial charge is 0.320 e. The molecule has 8 nitrogen and oxygen atoms in total. The number of hydrogen-bond donors (Lipinski definition) is 1. The van der Waals surface area contributed by atoms with Crippen LogP contribution in [0.25, 0.3) is 10.1 Å². The summed E-state index contributed by atoms with van der Waals surface area (Å²) in [6.45, 7) is 0. The Morgan fingerprint density at radius 3 is 2.46 bits per heavy atom. The molecule has 1 heterocycles. The molecule has 0 atom stereocenters. The van der Waals surface area contributed by atoms with Crippen molar-refractivity contribution in [3.05, 3.63) is 71.5 Å². The second kappa shape index (κ2) is 6.87. The molecule has 1 N–H and O–H groups in total. The number of amides is 1. The highest BCUT2D eigenvalue weighted by molar-refractivity contribution is 7.22. The summed E-state index contributed by atoms with van der Waals surface area (Å²) in [5.74, 6) is -0.673. The molecule has 3 aromatic rings. The minimum absolute atomic E-state index is 0.0360. The molecule has 0 aliphatic carbocycles. The fourth-order valence-corrected chi connectivity index (χ4v) is 3.92. The first-order valence-electron chi connectivity index (χ1n) is 6.90. The lowest BCUT2D eigenvalue weighted by Crippen LogP contribution is -2.11. The Morgan fingerprint density at radius 1 is 1.08 bits per heavy atom. The molecule has 1 aromatic heterocycles. The number of nitro groups is 2. The van der Waals surface area contributed by atoms with Crippen LogP contribution in [0.3, 0.4) is 0 Å². The molecule has 26 heavy (non-hydrogen) atoms. The second-order valence-electron chi connectivity index (χ2n) is 5.03. The predicted octanol–water partition coefficient (Wildman–Crippen LogP) is 5.28. The maximum absolute atomic E-state index is 12.5. The predicted molar refractivity (Wildman–Crippen MR) is 99.5 cm³/mol. The van der Waals surface area contributed by atoms with Crippen LogP contribution in [0.1, 0.15) is 9.67 Å². The molecule has 11 heteroatoms. The van der Waals surface area contributed by atoms with Crippen LogP contribution in [0, 0.1) is 20.2 Å². The van der Waals surface area contributed by atoms with E-state index in [4.69, 9.17) is 23.2 Å². The van der Waals surface area contributed by atoms with E-state index in [0.717, 1.165) is 17.4 Å². The number of nitrogens with one attached hydrogen (secondary N) is 1. The average molecular weight is 412 g/mol. The Labute approximate surface area is 159 Å². The van der Waals surface area contributed by atoms with Crippen molar-refractivity contribution in [2.24, 2.45) is 0 Å². The molecular weight excluding hydrogens is 405 g/mol. The summed E-state index contributed by atoms with van der Waals surface area (Å²) < 4.78 is 0.262. The van der Waals surface area contributed by atoms with Crippen molar-refractivity contribution in [2.75, 3.05) is 5.32 Å². The number of nitro benzene ring substituents is 2. The number of hydrogen-bond acceptors (Lipinski definition) is 6. The van der Waals surface area contributed by atoms with Crippen molar-refractivity contribution in [3.63, 3.8) is 0 Å². The first-order chi connectivity index (χ1) is 12.3. The highest BCUT2D eigenvalue weighted by Gasteiger charge is 2.23. The Balaban J connectivity index is 2.03. The topological polar surface area (TPSA) is 115 Å². The van der Waals surface area contributed by atoms with Gasteiger partial charge >= 0.3 is 0 Å². The van der Waals surface area contributed by atoms with E-state index in [2.05, 4.69) is 5.32 Å². The number of thiophene rings is 1. The van der Waals surface area contributed by atoms with Gasteiger partial charge in [0.2, 0.25) is 0 Å². The maximum atomic E-state index is 12.5. The number of nitrogens with zero attached hydrogens (tertiary/aromatic N) is 2. The Morgan fingerprint density at radius 2 is 1.81 bits per heavy atom. The van der Waals surface area contributed by atoms with E-state index in [1.165, 1.54) is 24.3 Å². The number of fused-ring (bicyclic) bond motifs is 1. The smallest absolute Gasteiger partial charge is 0.287 e. The van der Waals surface area contributed by atoms with Crippen molar-refractivity contribution in [1.82, 2.24) is 0 Å². The van der Waals surface area contributed by atoms with Crippen LogP contribution in [0.15, 0.2) is 36.4 Å². The third kappa shape index (κ3) is 3.19. The normalized spacial score (nSPS) is 10.7. The van der Waals surface area contributed by atoms with Crippen LogP contribution in [0.4, 0.5) is 17.1 Å². The third-order valence-electron chi connectivity index (χ3n) is 3.45. The number of rotatable bonds is 4. The summed E-state index contributed by atoms with van der Waals surface area (Å²) in [6, 6.07) is 7.95. The monoisotopic (exact) mass is 411 g/mol. The minimum atomic E-state index is -0.673. The first kappa shape index (κ1) is 18.1. The fraction of sp³-hybridized carbons (Fsp3) is 0. The second-order valence-corrected chi connectivity index (χ2v) is 6.84. The number of halogens is 2. The van der Waals surface area contributed by atoms with Crippen molar-refractivity contribution < 1.29 is 14.6 Å². The number of carbonyl (C=O) groups excluding carboxylic acids is 1. The standard InChI is InChI=1S/C15H7Cl2N3O5S/c16-9-5-4-7(19(22)23)6-10(9)18-15(21)14-12(17)8-2-1-3-11(20(24)25)13(8)26-14/h1-6H,(H,18,21). The molecule has 0 unspecified atom stereocenters. The molecule has 0 aliphatic rings. The van der Waals surface area contributed by atoms with Crippen molar-refractivity contribution in [1.29, 1.82) is 0 Å². The van der Waals surface area contributed by atoms with Gasteiger partial charge in [-0.1, -0.05) is 35.3 Å². The molecule has 132 valence electrons. The van der Waals surface area contributed by atoms with Crippen molar-refractivity contribution >= 4 is 67.6 Å². The number of carbonyl (C=O) groups is 1. The summed E-state index contributed by atoms with van der Waals surface area (Å²) in [7, 11) is 0. The van der Waals surface area contributed by atoms with E-state index in [9.17, 15) is 25.0 Å². The molecule has 0 saturated carbocycles. The summed E-state index contributed by atoms with van der Waals surface area (Å²) in [5.41, 5.74) is -0.376. The molecular formula is C15H7Cl2N3O5S. The van der Waals surface area contributed by atoms with Gasteiger partial charge in [-0.3, -0.25) is 25.0 Å². The van der Waals surface area contributed by atoms with Crippen molar-refractivity contribution in [3.8, 4) is 0 Å². The van der Waals surface area contributed by atoms with Crippen LogP contribution in [0.5, 0.6) is 0 Å². The van der Waals surface area contributed by atoms with Gasteiger partial charge in [-0.2, -0.15) is 0 Å². The average Bonchev–Trinajstić information content (AvgIpc) is 2.93. The highest BCUT2D eigenvalue weighted by Crippen LogP contribution is 2.40. The zero-order valence-corrected chi connectivity index (χ0v) is 14.9. The van der Waals surface area contributed by atoms with Crippen LogP contribution in [0.2, 0.25) is 10.0 Å². The van der Waals surface area contributed by atoms with Crippen molar-refractivity contribution in [2.45, 2.75) is 0 Å². The molecule has 0 spiro atoms. The molecule has 3 rings (SSSR count). The van der Waals surface area contributed by atoms with Crippen LogP contribution >= 0.6 is 34.5 Å². The zero-order chi connectivity index (χ0) is 19.0. The van der Waals surface area contributed by atoms with Gasteiger partial charge in [0.25, 0.3) is 17.3 Å². The SMILES string of the molecule is O=C(Nc1cc([N+](=O)[O-])ccc1Cl)c1sc2c([N+](=O)[O-])cccc2c1Cl. The van der Waals surface area contributed by atoms with Crippen LogP contribution in [-0.4, -0.2) is 15.8 Å². The summed E-state index contributed by atoms with van der Waals surface area (Å²) >= 11 is 13.0. The Kier molecular flexibility index (Phi) is 4.77. The number of non-ortho nitro benzene ring substituents is 2. The minimum Gasteiger partial charge on any atom is -0.320 e. The van der Waals surface area contributed by atoms with E-state index in [1.54, 1.807) is 6.07 Å². The third-order valence-corrected chi connectivity index (χ3v) is 5.51. The number of benzene rings is 2. The van der Waals surface area contributed by atoms with Crippen LogP contribution < -0.4 is 5.32 Å². The van der Waals surface area contributed by atoms with E-state index in [1.807, 2.05) is 0 Å². The van der Waals surface area contributed by atoms with Gasteiger partial charge in [0.1, 0.15) is 9.58 Å². The first-order valence-corrected chi connectivity index (χ1v) is 8.47. The maximum Gasteiger partial charge on any atom is 0.287 e. The molecule has 0 saturated heterocycles. The zero-order valence-electron chi connectivity index (χ0n) is 12.6. The summed E-state index contributed by atoms with van der Waals surface area (Å²) in [4.78, 5) is 33.4. The molecule has 0 fully saturated rings. The lowest BCUT2D eigenvalue weighted by Gasteiger charge is -2.06. The molecule has 0 aliphatic heterocycles. The van der Waals surface area contributed by atoms with Gasteiger partial charge in [-0.05, 0) is 6.07 Å². The van der Waals surface area contributed by atoms with E-state index in [-0.39, 0.29) is 36.7 Å². The highest BCUT2D eigenvalue weighted by atomic mass is 35.5. The summed E-state index contributed by atoms with van der Waals surface area (Å²) in [5, 5.41) is 25.0. The molecule has 2 aromatic carbocycles. The van der Waals surface area contributed by atoms with Crippen LogP contribution in [-0.2, 0) is 0 Å². The number of anilines is 1. The van der Waals surface area contributed by atoms with E-state index < -0.39 is 15.8 Å². The lowest BCUT2D eigenvalue weighted by atomic mass is 10.2. The van der Waals surface area contributed by atoms with E-state index in [0.29, 0.717) is 5.39 Å². The van der Waals surface area contributed by atoms with Gasteiger partial charge in [0.15, 0.2) is 0 Å². The fourth-order valence-electron chi connectivity index (χ4n) is 2.27. The molecule has 1 amide bonds. The molecule has 0 bridgehead atoms. The molecule has 0 radical (unpaired) electrons.